The van der Waals surface area contributed by atoms with Gasteiger partial charge in [0.05, 0.1) is 16.8 Å². The Hall–Kier alpha value is -1.49. The van der Waals surface area contributed by atoms with Crippen molar-refractivity contribution < 1.29 is 9.90 Å². The first-order valence-electron chi connectivity index (χ1n) is 7.39. The molecule has 1 atom stereocenters. The van der Waals surface area contributed by atoms with Gasteiger partial charge in [0.2, 0.25) is 0 Å². The van der Waals surface area contributed by atoms with Gasteiger partial charge in [0.15, 0.2) is 5.16 Å². The Morgan fingerprint density at radius 2 is 2.29 bits per heavy atom. The topological polar surface area (TPSA) is 55.1 Å². The van der Waals surface area contributed by atoms with Gasteiger partial charge < -0.3 is 9.67 Å². The van der Waals surface area contributed by atoms with E-state index in [4.69, 9.17) is 5.11 Å². The van der Waals surface area contributed by atoms with Crippen molar-refractivity contribution in [3.05, 3.63) is 23.8 Å². The number of nitrogens with zero attached hydrogens (tertiary/aromatic N) is 2. The summed E-state index contributed by atoms with van der Waals surface area (Å²) in [6.07, 6.45) is 3.82. The molecule has 5 heteroatoms. The molecule has 1 saturated carbocycles. The summed E-state index contributed by atoms with van der Waals surface area (Å²) in [6.45, 7) is 4.29. The van der Waals surface area contributed by atoms with Crippen LogP contribution in [0.25, 0.3) is 11.0 Å². The molecule has 1 aliphatic rings. The van der Waals surface area contributed by atoms with Gasteiger partial charge in [-0.2, -0.15) is 0 Å². The molecule has 4 nitrogen and oxygen atoms in total. The molecule has 0 spiro atoms. The van der Waals surface area contributed by atoms with Crippen molar-refractivity contribution in [2.45, 2.75) is 44.3 Å². The predicted octanol–water partition coefficient (Wildman–Crippen LogP) is 3.88. The number of carboxylic acids is 1. The number of carboxylic acid groups (broad SMARTS) is 1. The summed E-state index contributed by atoms with van der Waals surface area (Å²) in [5.74, 6) is -0.0568. The van der Waals surface area contributed by atoms with Gasteiger partial charge in [-0.15, -0.1) is 0 Å². The predicted molar refractivity (Wildman–Crippen MR) is 84.9 cm³/mol. The molecule has 0 aliphatic heterocycles. The Balaban J connectivity index is 2.03. The Bertz CT molecular complexity index is 676. The molecule has 2 aromatic rings. The van der Waals surface area contributed by atoms with E-state index in [1.165, 1.54) is 36.6 Å². The van der Waals surface area contributed by atoms with Gasteiger partial charge in [-0.3, -0.25) is 4.79 Å². The van der Waals surface area contributed by atoms with E-state index in [0.717, 1.165) is 16.2 Å². The van der Waals surface area contributed by atoms with E-state index in [2.05, 4.69) is 41.6 Å². The summed E-state index contributed by atoms with van der Waals surface area (Å²) in [6, 6.07) is 6.66. The molecule has 0 bridgehead atoms. The first kappa shape index (κ1) is 14.4. The maximum absolute atomic E-state index is 10.9. The number of carbonyl (C=O) groups is 1. The number of aliphatic carboxylic acids is 1. The molecule has 1 aromatic heterocycles. The summed E-state index contributed by atoms with van der Waals surface area (Å²) < 4.78 is 2.24. The second-order valence-electron chi connectivity index (χ2n) is 5.87. The van der Waals surface area contributed by atoms with Crippen molar-refractivity contribution in [2.75, 3.05) is 5.75 Å². The Morgan fingerprint density at radius 3 is 2.90 bits per heavy atom. The van der Waals surface area contributed by atoms with E-state index < -0.39 is 5.97 Å². The van der Waals surface area contributed by atoms with Crippen LogP contribution in [0.15, 0.2) is 23.4 Å². The maximum Gasteiger partial charge on any atom is 0.313 e. The normalized spacial score (nSPS) is 16.9. The summed E-state index contributed by atoms with van der Waals surface area (Å²) in [4.78, 5) is 15.5. The molecular weight excluding hydrogens is 284 g/mol. The molecule has 0 radical (unpaired) electrons. The number of aromatic nitrogens is 2. The molecule has 21 heavy (non-hydrogen) atoms. The Labute approximate surface area is 128 Å². The number of rotatable bonds is 5. The van der Waals surface area contributed by atoms with E-state index in [9.17, 15) is 4.79 Å². The molecular formula is C16H20N2O2S. The molecule has 3 rings (SSSR count). The molecule has 1 unspecified atom stereocenters. The van der Waals surface area contributed by atoms with Gasteiger partial charge in [-0.1, -0.05) is 24.2 Å². The number of aryl methyl sites for hydroxylation is 1. The lowest BCUT2D eigenvalue weighted by Crippen LogP contribution is -2.23. The summed E-state index contributed by atoms with van der Waals surface area (Å²) in [5.41, 5.74) is 3.26. The zero-order chi connectivity index (χ0) is 15.0. The highest BCUT2D eigenvalue weighted by Gasteiger charge is 2.28. The van der Waals surface area contributed by atoms with Gasteiger partial charge in [0.1, 0.15) is 0 Å². The van der Waals surface area contributed by atoms with Crippen molar-refractivity contribution in [3.8, 4) is 0 Å². The van der Waals surface area contributed by atoms with Crippen molar-refractivity contribution >= 4 is 28.8 Å². The molecule has 1 fully saturated rings. The minimum Gasteiger partial charge on any atom is -0.481 e. The SMILES string of the molecule is Cc1ccc2c(c1)nc(SCC(=O)O)n2C(C)C1CCC1. The minimum absolute atomic E-state index is 0.0552. The van der Waals surface area contributed by atoms with Crippen LogP contribution in [0, 0.1) is 12.8 Å². The Kier molecular flexibility index (Phi) is 3.93. The average molecular weight is 304 g/mol. The fraction of sp³-hybridized carbons (Fsp3) is 0.500. The number of fused-ring (bicyclic) bond motifs is 1. The van der Waals surface area contributed by atoms with Crippen LogP contribution < -0.4 is 0 Å². The van der Waals surface area contributed by atoms with Gasteiger partial charge in [0.25, 0.3) is 0 Å². The van der Waals surface area contributed by atoms with Gasteiger partial charge in [-0.05, 0) is 50.3 Å². The zero-order valence-electron chi connectivity index (χ0n) is 12.4. The van der Waals surface area contributed by atoms with Crippen LogP contribution in [0.2, 0.25) is 0 Å². The largest absolute Gasteiger partial charge is 0.481 e. The van der Waals surface area contributed by atoms with E-state index in [1.54, 1.807) is 0 Å². The summed E-state index contributed by atoms with van der Waals surface area (Å²) in [5, 5.41) is 9.76. The van der Waals surface area contributed by atoms with Gasteiger partial charge >= 0.3 is 5.97 Å². The van der Waals surface area contributed by atoms with E-state index >= 15 is 0 Å². The maximum atomic E-state index is 10.9. The summed E-state index contributed by atoms with van der Waals surface area (Å²) >= 11 is 1.32. The van der Waals surface area contributed by atoms with Crippen molar-refractivity contribution in [1.82, 2.24) is 9.55 Å². The molecule has 0 amide bonds. The van der Waals surface area contributed by atoms with E-state index in [-0.39, 0.29) is 5.75 Å². The van der Waals surface area contributed by atoms with Crippen molar-refractivity contribution in [3.63, 3.8) is 0 Å². The van der Waals surface area contributed by atoms with Crippen LogP contribution >= 0.6 is 11.8 Å². The molecule has 112 valence electrons. The third kappa shape index (κ3) is 2.79. The van der Waals surface area contributed by atoms with Crippen molar-refractivity contribution in [1.29, 1.82) is 0 Å². The quantitative estimate of drug-likeness (QED) is 0.852. The molecule has 1 aromatic carbocycles. The number of hydrogen-bond donors (Lipinski definition) is 1. The highest BCUT2D eigenvalue weighted by molar-refractivity contribution is 7.99. The smallest absolute Gasteiger partial charge is 0.313 e. The van der Waals surface area contributed by atoms with Gasteiger partial charge in [0, 0.05) is 6.04 Å². The molecule has 1 heterocycles. The number of hydrogen-bond acceptors (Lipinski definition) is 3. The van der Waals surface area contributed by atoms with Crippen LogP contribution in [0.5, 0.6) is 0 Å². The second kappa shape index (κ2) is 5.72. The zero-order valence-corrected chi connectivity index (χ0v) is 13.2. The van der Waals surface area contributed by atoms with E-state index in [1.807, 2.05) is 0 Å². The number of thioether (sulfide) groups is 1. The number of benzene rings is 1. The van der Waals surface area contributed by atoms with Crippen LogP contribution in [0.1, 0.15) is 37.8 Å². The lowest BCUT2D eigenvalue weighted by atomic mass is 9.80. The molecule has 1 N–H and O–H groups in total. The third-order valence-corrected chi connectivity index (χ3v) is 5.31. The average Bonchev–Trinajstić information content (AvgIpc) is 2.71. The monoisotopic (exact) mass is 304 g/mol. The highest BCUT2D eigenvalue weighted by Crippen LogP contribution is 2.39. The van der Waals surface area contributed by atoms with Crippen LogP contribution in [0.3, 0.4) is 0 Å². The lowest BCUT2D eigenvalue weighted by molar-refractivity contribution is -0.133. The van der Waals surface area contributed by atoms with Crippen LogP contribution in [-0.4, -0.2) is 26.4 Å². The standard InChI is InChI=1S/C16H20N2O2S/c1-10-6-7-14-13(8-10)17-16(21-9-15(19)20)18(14)11(2)12-4-3-5-12/h6-8,11-12H,3-5,9H2,1-2H3,(H,19,20). The second-order valence-corrected chi connectivity index (χ2v) is 6.81. The fourth-order valence-electron chi connectivity index (χ4n) is 2.94. The highest BCUT2D eigenvalue weighted by atomic mass is 32.2. The third-order valence-electron chi connectivity index (χ3n) is 4.38. The van der Waals surface area contributed by atoms with Crippen LogP contribution in [0.4, 0.5) is 0 Å². The lowest BCUT2D eigenvalue weighted by Gasteiger charge is -2.33. The first-order valence-corrected chi connectivity index (χ1v) is 8.38. The first-order chi connectivity index (χ1) is 10.1. The molecule has 0 saturated heterocycles. The van der Waals surface area contributed by atoms with E-state index in [0.29, 0.717) is 12.0 Å². The van der Waals surface area contributed by atoms with Gasteiger partial charge in [-0.25, -0.2) is 4.98 Å². The summed E-state index contributed by atoms with van der Waals surface area (Å²) in [7, 11) is 0. The van der Waals surface area contributed by atoms with Crippen LogP contribution in [-0.2, 0) is 4.79 Å². The number of imidazole rings is 1. The Morgan fingerprint density at radius 1 is 1.52 bits per heavy atom. The molecule has 1 aliphatic carbocycles. The van der Waals surface area contributed by atoms with Crippen molar-refractivity contribution in [2.24, 2.45) is 5.92 Å². The fourth-order valence-corrected chi connectivity index (χ4v) is 3.76. The minimum atomic E-state index is -0.800.